The van der Waals surface area contributed by atoms with Gasteiger partial charge in [-0.25, -0.2) is 0 Å². The second kappa shape index (κ2) is 4.94. The highest BCUT2D eigenvalue weighted by Gasteiger charge is 2.11. The number of rotatable bonds is 4. The molecule has 0 aliphatic carbocycles. The number of benzene rings is 1. The van der Waals surface area contributed by atoms with E-state index in [0.717, 1.165) is 30.0 Å². The molecule has 2 rings (SSSR count). The second-order valence-electron chi connectivity index (χ2n) is 3.78. The van der Waals surface area contributed by atoms with E-state index in [-0.39, 0.29) is 0 Å². The molecule has 0 atom stereocenters. The first kappa shape index (κ1) is 10.9. The topological polar surface area (TPSA) is 38.1 Å². The van der Waals surface area contributed by atoms with Crippen LogP contribution in [0, 0.1) is 6.92 Å². The predicted molar refractivity (Wildman–Crippen MR) is 64.1 cm³/mol. The quantitative estimate of drug-likeness (QED) is 0.854. The van der Waals surface area contributed by atoms with Crippen LogP contribution in [-0.2, 0) is 6.54 Å². The Kier molecular flexibility index (Phi) is 3.37. The highest BCUT2D eigenvalue weighted by molar-refractivity contribution is 5.64. The number of nitrogens with one attached hydrogen (secondary N) is 1. The van der Waals surface area contributed by atoms with Crippen LogP contribution in [-0.4, -0.2) is 11.7 Å². The van der Waals surface area contributed by atoms with E-state index < -0.39 is 0 Å². The third-order valence-electron chi connectivity index (χ3n) is 2.60. The van der Waals surface area contributed by atoms with Crippen molar-refractivity contribution in [1.82, 2.24) is 10.5 Å². The van der Waals surface area contributed by atoms with Gasteiger partial charge in [0.2, 0.25) is 0 Å². The summed E-state index contributed by atoms with van der Waals surface area (Å²) in [5, 5.41) is 7.16. The van der Waals surface area contributed by atoms with E-state index in [1.807, 2.05) is 12.1 Å². The van der Waals surface area contributed by atoms with Crippen molar-refractivity contribution in [2.75, 3.05) is 6.54 Å². The van der Waals surface area contributed by atoms with Crippen LogP contribution in [0.1, 0.15) is 18.1 Å². The lowest BCUT2D eigenvalue weighted by atomic mass is 10.0. The zero-order chi connectivity index (χ0) is 11.4. The zero-order valence-corrected chi connectivity index (χ0v) is 9.66. The van der Waals surface area contributed by atoms with E-state index >= 15 is 0 Å². The van der Waals surface area contributed by atoms with Crippen molar-refractivity contribution in [2.45, 2.75) is 20.4 Å². The summed E-state index contributed by atoms with van der Waals surface area (Å²) in [6.07, 6.45) is 1.78. The Morgan fingerprint density at radius 3 is 2.88 bits per heavy atom. The van der Waals surface area contributed by atoms with E-state index in [2.05, 4.69) is 36.5 Å². The molecule has 1 aromatic carbocycles. The standard InChI is InChI=1S/C13H16N2O/c1-3-14-8-11-9-15-16-13(11)12-7-5-4-6-10(12)2/h4-7,9,14H,3,8H2,1-2H3. The van der Waals surface area contributed by atoms with Crippen LogP contribution in [0.25, 0.3) is 11.3 Å². The van der Waals surface area contributed by atoms with E-state index in [9.17, 15) is 0 Å². The molecule has 1 heterocycles. The Morgan fingerprint density at radius 1 is 1.31 bits per heavy atom. The molecule has 0 unspecified atom stereocenters. The van der Waals surface area contributed by atoms with Crippen molar-refractivity contribution < 1.29 is 4.52 Å². The zero-order valence-electron chi connectivity index (χ0n) is 9.66. The van der Waals surface area contributed by atoms with Crippen LogP contribution in [0.15, 0.2) is 35.0 Å². The molecular weight excluding hydrogens is 200 g/mol. The number of hydrogen-bond donors (Lipinski definition) is 1. The Labute approximate surface area is 95.5 Å². The fourth-order valence-electron chi connectivity index (χ4n) is 1.70. The summed E-state index contributed by atoms with van der Waals surface area (Å²) in [6.45, 7) is 5.90. The lowest BCUT2D eigenvalue weighted by Gasteiger charge is -2.04. The Morgan fingerprint density at radius 2 is 2.12 bits per heavy atom. The van der Waals surface area contributed by atoms with Gasteiger partial charge in [-0.05, 0) is 19.0 Å². The van der Waals surface area contributed by atoms with Gasteiger partial charge in [-0.2, -0.15) is 0 Å². The van der Waals surface area contributed by atoms with Gasteiger partial charge in [0.1, 0.15) is 0 Å². The molecule has 84 valence electrons. The van der Waals surface area contributed by atoms with Gasteiger partial charge in [0.25, 0.3) is 0 Å². The average molecular weight is 216 g/mol. The van der Waals surface area contributed by atoms with Crippen molar-refractivity contribution in [3.63, 3.8) is 0 Å². The molecule has 0 radical (unpaired) electrons. The van der Waals surface area contributed by atoms with Crippen LogP contribution in [0.5, 0.6) is 0 Å². The molecule has 16 heavy (non-hydrogen) atoms. The Hall–Kier alpha value is -1.61. The molecule has 0 saturated heterocycles. The maximum atomic E-state index is 5.34. The normalized spacial score (nSPS) is 10.6. The molecule has 3 heteroatoms. The predicted octanol–water partition coefficient (Wildman–Crippen LogP) is 2.76. The van der Waals surface area contributed by atoms with Crippen molar-refractivity contribution in [1.29, 1.82) is 0 Å². The fraction of sp³-hybridized carbons (Fsp3) is 0.308. The van der Waals surface area contributed by atoms with E-state index in [1.165, 1.54) is 5.56 Å². The summed E-state index contributed by atoms with van der Waals surface area (Å²) < 4.78 is 5.34. The summed E-state index contributed by atoms with van der Waals surface area (Å²) in [6, 6.07) is 8.18. The first-order chi connectivity index (χ1) is 7.83. The summed E-state index contributed by atoms with van der Waals surface area (Å²) in [4.78, 5) is 0. The van der Waals surface area contributed by atoms with Gasteiger partial charge in [0.05, 0.1) is 6.20 Å². The largest absolute Gasteiger partial charge is 0.356 e. The van der Waals surface area contributed by atoms with Gasteiger partial charge in [-0.3, -0.25) is 0 Å². The monoisotopic (exact) mass is 216 g/mol. The number of aromatic nitrogens is 1. The van der Waals surface area contributed by atoms with Crippen LogP contribution in [0.4, 0.5) is 0 Å². The SMILES string of the molecule is CCNCc1cnoc1-c1ccccc1C. The van der Waals surface area contributed by atoms with E-state index in [0.29, 0.717) is 0 Å². The van der Waals surface area contributed by atoms with Gasteiger partial charge in [0.15, 0.2) is 5.76 Å². The van der Waals surface area contributed by atoms with Gasteiger partial charge in [-0.1, -0.05) is 36.3 Å². The first-order valence-electron chi connectivity index (χ1n) is 5.53. The van der Waals surface area contributed by atoms with Crippen molar-refractivity contribution in [3.05, 3.63) is 41.6 Å². The third-order valence-corrected chi connectivity index (χ3v) is 2.60. The molecule has 0 fully saturated rings. The van der Waals surface area contributed by atoms with Crippen molar-refractivity contribution in [2.24, 2.45) is 0 Å². The molecule has 1 aromatic heterocycles. The summed E-state index contributed by atoms with van der Waals surface area (Å²) in [7, 11) is 0. The van der Waals surface area contributed by atoms with E-state index in [4.69, 9.17) is 4.52 Å². The number of hydrogen-bond acceptors (Lipinski definition) is 3. The van der Waals surface area contributed by atoms with Gasteiger partial charge >= 0.3 is 0 Å². The molecular formula is C13H16N2O. The smallest absolute Gasteiger partial charge is 0.171 e. The highest BCUT2D eigenvalue weighted by Crippen LogP contribution is 2.26. The van der Waals surface area contributed by atoms with Crippen LogP contribution >= 0.6 is 0 Å². The maximum absolute atomic E-state index is 5.34. The molecule has 0 aliphatic rings. The molecule has 0 aliphatic heterocycles. The van der Waals surface area contributed by atoms with Crippen LogP contribution in [0.3, 0.4) is 0 Å². The number of aryl methyl sites for hydroxylation is 1. The third kappa shape index (κ3) is 2.14. The van der Waals surface area contributed by atoms with Gasteiger partial charge in [0, 0.05) is 17.7 Å². The lowest BCUT2D eigenvalue weighted by Crippen LogP contribution is -2.11. The molecule has 3 nitrogen and oxygen atoms in total. The van der Waals surface area contributed by atoms with Crippen molar-refractivity contribution >= 4 is 0 Å². The molecule has 2 aromatic rings. The second-order valence-corrected chi connectivity index (χ2v) is 3.78. The molecule has 1 N–H and O–H groups in total. The Balaban J connectivity index is 2.33. The summed E-state index contributed by atoms with van der Waals surface area (Å²) in [5.74, 6) is 0.874. The average Bonchev–Trinajstić information content (AvgIpc) is 2.75. The fourth-order valence-corrected chi connectivity index (χ4v) is 1.70. The lowest BCUT2D eigenvalue weighted by molar-refractivity contribution is 0.431. The number of nitrogens with zero attached hydrogens (tertiary/aromatic N) is 1. The minimum Gasteiger partial charge on any atom is -0.356 e. The van der Waals surface area contributed by atoms with Crippen LogP contribution in [0.2, 0.25) is 0 Å². The van der Waals surface area contributed by atoms with Crippen molar-refractivity contribution in [3.8, 4) is 11.3 Å². The summed E-state index contributed by atoms with van der Waals surface area (Å²) in [5.41, 5.74) is 3.43. The molecule has 0 amide bonds. The first-order valence-corrected chi connectivity index (χ1v) is 5.53. The minimum absolute atomic E-state index is 0.795. The van der Waals surface area contributed by atoms with Gasteiger partial charge < -0.3 is 9.84 Å². The molecule has 0 spiro atoms. The van der Waals surface area contributed by atoms with E-state index in [1.54, 1.807) is 6.20 Å². The molecule has 0 saturated carbocycles. The maximum Gasteiger partial charge on any atom is 0.171 e. The van der Waals surface area contributed by atoms with Gasteiger partial charge in [-0.15, -0.1) is 0 Å². The minimum atomic E-state index is 0.795. The molecule has 0 bridgehead atoms. The highest BCUT2D eigenvalue weighted by atomic mass is 16.5. The Bertz CT molecular complexity index is 462. The van der Waals surface area contributed by atoms with Crippen LogP contribution < -0.4 is 5.32 Å². The summed E-state index contributed by atoms with van der Waals surface area (Å²) >= 11 is 0.